The second-order valence-corrected chi connectivity index (χ2v) is 9.12. The molecule has 0 bridgehead atoms. The number of nitrogens with zero attached hydrogens (tertiary/aromatic N) is 1. The minimum atomic E-state index is -0.404. The van der Waals surface area contributed by atoms with Gasteiger partial charge in [0, 0.05) is 16.8 Å². The van der Waals surface area contributed by atoms with Gasteiger partial charge < -0.3 is 9.73 Å². The van der Waals surface area contributed by atoms with Crippen molar-refractivity contribution >= 4 is 68.0 Å². The first-order valence-electron chi connectivity index (χ1n) is 9.50. The molecule has 4 nitrogen and oxygen atoms in total. The number of halogens is 3. The minimum Gasteiger partial charge on any atom is -0.451 e. The average molecular weight is 500 g/mol. The number of rotatable bonds is 4. The lowest BCUT2D eigenvalue weighted by Crippen LogP contribution is -2.10. The number of furan rings is 1. The number of carbonyl (C=O) groups excluding carboxylic acids is 1. The maximum atomic E-state index is 12.7. The molecule has 8 heteroatoms. The molecular formula is C24H13Cl3N2O2S. The van der Waals surface area contributed by atoms with E-state index < -0.39 is 5.91 Å². The molecule has 0 unspecified atom stereocenters. The lowest BCUT2D eigenvalue weighted by atomic mass is 10.2. The van der Waals surface area contributed by atoms with Gasteiger partial charge in [-0.1, -0.05) is 53.0 Å². The quantitative estimate of drug-likeness (QED) is 0.270. The maximum Gasteiger partial charge on any atom is 0.291 e. The van der Waals surface area contributed by atoms with Crippen LogP contribution >= 0.6 is 46.1 Å². The van der Waals surface area contributed by atoms with E-state index in [9.17, 15) is 4.79 Å². The Labute approximate surface area is 202 Å². The average Bonchev–Trinajstić information content (AvgIpc) is 3.43. The van der Waals surface area contributed by atoms with Gasteiger partial charge in [0.15, 0.2) is 5.76 Å². The van der Waals surface area contributed by atoms with Gasteiger partial charge in [0.1, 0.15) is 10.8 Å². The van der Waals surface area contributed by atoms with Crippen LogP contribution in [0.15, 0.2) is 77.2 Å². The second-order valence-electron chi connectivity index (χ2n) is 6.90. The largest absolute Gasteiger partial charge is 0.451 e. The molecule has 0 aliphatic rings. The van der Waals surface area contributed by atoms with Crippen molar-refractivity contribution in [1.82, 2.24) is 4.98 Å². The Morgan fingerprint density at radius 1 is 0.875 bits per heavy atom. The summed E-state index contributed by atoms with van der Waals surface area (Å²) >= 11 is 20.4. The number of amides is 1. The van der Waals surface area contributed by atoms with Gasteiger partial charge in [-0.25, -0.2) is 4.98 Å². The number of anilines is 1. The number of carbonyl (C=O) groups is 1. The first-order chi connectivity index (χ1) is 15.5. The van der Waals surface area contributed by atoms with Crippen molar-refractivity contribution in [2.75, 3.05) is 5.32 Å². The lowest BCUT2D eigenvalue weighted by molar-refractivity contribution is 0.0997. The number of hydrogen-bond donors (Lipinski definition) is 1. The molecule has 0 spiro atoms. The lowest BCUT2D eigenvalue weighted by Gasteiger charge is -2.07. The number of benzene rings is 3. The predicted octanol–water partition coefficient (Wildman–Crippen LogP) is 8.44. The number of nitrogens with one attached hydrogen (secondary N) is 1. The molecule has 32 heavy (non-hydrogen) atoms. The fourth-order valence-electron chi connectivity index (χ4n) is 3.25. The molecule has 1 N–H and O–H groups in total. The van der Waals surface area contributed by atoms with E-state index in [-0.39, 0.29) is 5.76 Å². The van der Waals surface area contributed by atoms with E-state index >= 15 is 0 Å². The van der Waals surface area contributed by atoms with Crippen LogP contribution < -0.4 is 5.32 Å². The highest BCUT2D eigenvalue weighted by molar-refractivity contribution is 7.21. The standard InChI is InChI=1S/C24H13Cl3N2O2S/c25-16-5-3-4-15(22(16)27)19-10-11-20(31-19)23(30)28-13-8-9-14(17(26)12-13)24-29-18-6-1-2-7-21(18)32-24/h1-12H,(H,28,30). The van der Waals surface area contributed by atoms with E-state index in [4.69, 9.17) is 39.2 Å². The molecule has 0 radical (unpaired) electrons. The van der Waals surface area contributed by atoms with Crippen LogP contribution in [0.25, 0.3) is 32.1 Å². The van der Waals surface area contributed by atoms with Gasteiger partial charge in [-0.2, -0.15) is 0 Å². The molecule has 1 amide bonds. The van der Waals surface area contributed by atoms with Crippen molar-refractivity contribution in [2.45, 2.75) is 0 Å². The summed E-state index contributed by atoms with van der Waals surface area (Å²) in [6, 6.07) is 21.7. The van der Waals surface area contributed by atoms with Crippen molar-refractivity contribution < 1.29 is 9.21 Å². The summed E-state index contributed by atoms with van der Waals surface area (Å²) in [7, 11) is 0. The first-order valence-corrected chi connectivity index (χ1v) is 11.5. The van der Waals surface area contributed by atoms with Crippen molar-refractivity contribution in [3.8, 4) is 21.9 Å². The zero-order valence-corrected chi connectivity index (χ0v) is 19.3. The van der Waals surface area contributed by atoms with Crippen molar-refractivity contribution in [1.29, 1.82) is 0 Å². The Kier molecular flexibility index (Phi) is 5.66. The number of aromatic nitrogens is 1. The van der Waals surface area contributed by atoms with Crippen LogP contribution in [0.1, 0.15) is 10.6 Å². The van der Waals surface area contributed by atoms with Crippen LogP contribution in [0, 0.1) is 0 Å². The molecule has 0 saturated carbocycles. The minimum absolute atomic E-state index is 0.141. The zero-order valence-electron chi connectivity index (χ0n) is 16.2. The molecule has 5 rings (SSSR count). The Morgan fingerprint density at radius 2 is 1.72 bits per heavy atom. The van der Waals surface area contributed by atoms with Crippen LogP contribution in [-0.4, -0.2) is 10.9 Å². The Morgan fingerprint density at radius 3 is 2.53 bits per heavy atom. The normalized spacial score (nSPS) is 11.1. The third kappa shape index (κ3) is 4.00. The summed E-state index contributed by atoms with van der Waals surface area (Å²) in [5.41, 5.74) is 2.89. The molecule has 3 aromatic carbocycles. The summed E-state index contributed by atoms with van der Waals surface area (Å²) in [5, 5.41) is 4.90. The number of fused-ring (bicyclic) bond motifs is 1. The number of thiazole rings is 1. The third-order valence-corrected chi connectivity index (χ3v) is 7.00. The van der Waals surface area contributed by atoms with Crippen molar-refractivity contribution in [3.63, 3.8) is 0 Å². The monoisotopic (exact) mass is 498 g/mol. The summed E-state index contributed by atoms with van der Waals surface area (Å²) in [5.74, 6) is 0.187. The Balaban J connectivity index is 1.36. The van der Waals surface area contributed by atoms with Gasteiger partial charge in [0.2, 0.25) is 0 Å². The summed E-state index contributed by atoms with van der Waals surface area (Å²) in [4.78, 5) is 17.3. The van der Waals surface area contributed by atoms with E-state index in [2.05, 4.69) is 10.3 Å². The first kappa shape index (κ1) is 21.0. The van der Waals surface area contributed by atoms with Crippen LogP contribution in [0.3, 0.4) is 0 Å². The van der Waals surface area contributed by atoms with Gasteiger partial charge in [0.25, 0.3) is 5.91 Å². The van der Waals surface area contributed by atoms with Gasteiger partial charge in [0.05, 0.1) is 25.3 Å². The molecule has 0 aliphatic carbocycles. The molecule has 5 aromatic rings. The highest BCUT2D eigenvalue weighted by Crippen LogP contribution is 2.36. The van der Waals surface area contributed by atoms with E-state index in [1.165, 1.54) is 0 Å². The van der Waals surface area contributed by atoms with Gasteiger partial charge in [-0.3, -0.25) is 4.79 Å². The van der Waals surface area contributed by atoms with Crippen LogP contribution in [-0.2, 0) is 0 Å². The highest BCUT2D eigenvalue weighted by atomic mass is 35.5. The summed E-state index contributed by atoms with van der Waals surface area (Å²) in [6.45, 7) is 0. The molecule has 2 heterocycles. The van der Waals surface area contributed by atoms with E-state index in [1.807, 2.05) is 30.3 Å². The van der Waals surface area contributed by atoms with Crippen LogP contribution in [0.4, 0.5) is 5.69 Å². The van der Waals surface area contributed by atoms with E-state index in [0.717, 1.165) is 20.8 Å². The Hall–Kier alpha value is -2.83. The predicted molar refractivity (Wildman–Crippen MR) is 132 cm³/mol. The highest BCUT2D eigenvalue weighted by Gasteiger charge is 2.16. The second kappa shape index (κ2) is 8.60. The molecule has 158 valence electrons. The molecule has 2 aromatic heterocycles. The molecular weight excluding hydrogens is 487 g/mol. The SMILES string of the molecule is O=C(Nc1ccc(-c2nc3ccccc3s2)c(Cl)c1)c1ccc(-c2cccc(Cl)c2Cl)o1. The van der Waals surface area contributed by atoms with E-state index in [0.29, 0.717) is 32.1 Å². The van der Waals surface area contributed by atoms with Crippen molar-refractivity contribution in [2.24, 2.45) is 0 Å². The topological polar surface area (TPSA) is 55.1 Å². The van der Waals surface area contributed by atoms with Gasteiger partial charge in [-0.05, 0) is 54.6 Å². The third-order valence-electron chi connectivity index (χ3n) is 4.80. The fourth-order valence-corrected chi connectivity index (χ4v) is 4.97. The molecule has 0 atom stereocenters. The molecule has 0 saturated heterocycles. The Bertz CT molecular complexity index is 1440. The zero-order chi connectivity index (χ0) is 22.2. The van der Waals surface area contributed by atoms with Crippen LogP contribution in [0.2, 0.25) is 15.1 Å². The number of para-hydroxylation sites is 1. The molecule has 0 fully saturated rings. The van der Waals surface area contributed by atoms with Crippen LogP contribution in [0.5, 0.6) is 0 Å². The van der Waals surface area contributed by atoms with E-state index in [1.54, 1.807) is 53.8 Å². The van der Waals surface area contributed by atoms with Gasteiger partial charge >= 0.3 is 0 Å². The van der Waals surface area contributed by atoms with Crippen molar-refractivity contribution in [3.05, 3.63) is 93.6 Å². The summed E-state index contributed by atoms with van der Waals surface area (Å²) < 4.78 is 6.79. The number of hydrogen-bond acceptors (Lipinski definition) is 4. The summed E-state index contributed by atoms with van der Waals surface area (Å²) in [6.07, 6.45) is 0. The molecule has 0 aliphatic heterocycles. The van der Waals surface area contributed by atoms with Gasteiger partial charge in [-0.15, -0.1) is 11.3 Å². The smallest absolute Gasteiger partial charge is 0.291 e. The fraction of sp³-hybridized carbons (Fsp3) is 0. The maximum absolute atomic E-state index is 12.7.